The Labute approximate surface area is 186 Å². The fourth-order valence-electron chi connectivity index (χ4n) is 3.56. The van der Waals surface area contributed by atoms with Crippen molar-refractivity contribution in [2.45, 2.75) is 6.04 Å². The summed E-state index contributed by atoms with van der Waals surface area (Å²) in [5.41, 5.74) is 2.41. The summed E-state index contributed by atoms with van der Waals surface area (Å²) in [6.07, 6.45) is 3.67. The summed E-state index contributed by atoms with van der Waals surface area (Å²) in [4.78, 5) is 6.65. The van der Waals surface area contributed by atoms with E-state index in [0.29, 0.717) is 36.6 Å². The van der Waals surface area contributed by atoms with Crippen LogP contribution in [0.4, 0.5) is 5.88 Å². The summed E-state index contributed by atoms with van der Waals surface area (Å²) in [6, 6.07) is 19.9. The van der Waals surface area contributed by atoms with Gasteiger partial charge in [-0.25, -0.2) is 0 Å². The highest BCUT2D eigenvalue weighted by Gasteiger charge is 2.24. The zero-order chi connectivity index (χ0) is 21.5. The van der Waals surface area contributed by atoms with Gasteiger partial charge >= 0.3 is 0 Å². The summed E-state index contributed by atoms with van der Waals surface area (Å²) in [5, 5.41) is 13.5. The van der Waals surface area contributed by atoms with E-state index in [4.69, 9.17) is 20.8 Å². The minimum Gasteiger partial charge on any atom is -0.420 e. The molecule has 0 radical (unpaired) electrons. The Morgan fingerprint density at radius 2 is 1.84 bits per heavy atom. The second-order valence-corrected chi connectivity index (χ2v) is 7.62. The van der Waals surface area contributed by atoms with Crippen molar-refractivity contribution < 1.29 is 9.15 Å². The molecular weight excluding hydrogens is 412 g/mol. The molecule has 0 saturated carbocycles. The molecule has 0 unspecified atom stereocenters. The number of halogens is 1. The van der Waals surface area contributed by atoms with Crippen molar-refractivity contribution in [1.29, 1.82) is 5.26 Å². The predicted molar refractivity (Wildman–Crippen MR) is 122 cm³/mol. The van der Waals surface area contributed by atoms with Crippen molar-refractivity contribution in [1.82, 2.24) is 9.88 Å². The van der Waals surface area contributed by atoms with Gasteiger partial charge in [-0.1, -0.05) is 54.1 Å². The largest absolute Gasteiger partial charge is 0.420 e. The quantitative estimate of drug-likeness (QED) is 0.572. The first kappa shape index (κ1) is 21.1. The molecule has 0 bridgehead atoms. The third kappa shape index (κ3) is 5.53. The van der Waals surface area contributed by atoms with Crippen LogP contribution in [-0.2, 0) is 4.74 Å². The number of aromatic nitrogens is 1. The lowest BCUT2D eigenvalue weighted by atomic mass is 10.0. The zero-order valence-electron chi connectivity index (χ0n) is 17.0. The van der Waals surface area contributed by atoms with E-state index >= 15 is 0 Å². The van der Waals surface area contributed by atoms with Crippen molar-refractivity contribution in [2.24, 2.45) is 0 Å². The average Bonchev–Trinajstić information content (AvgIpc) is 3.22. The molecule has 1 aliphatic heterocycles. The number of nitrogens with zero attached hydrogens (tertiary/aromatic N) is 3. The van der Waals surface area contributed by atoms with E-state index in [1.807, 2.05) is 60.7 Å². The van der Waals surface area contributed by atoms with Gasteiger partial charge in [0.25, 0.3) is 0 Å². The standard InChI is InChI=1S/C24H23ClN4O2/c25-20-9-7-19(8-10-20)22(29-12-14-30-15-13-29)17-27-24-21(16-26)28-23(31-24)11-6-18-4-2-1-3-5-18/h1-11,22,27H,12-15,17H2/b11-6+/t22-/m1/s1. The van der Waals surface area contributed by atoms with Crippen LogP contribution in [0.5, 0.6) is 0 Å². The number of benzene rings is 2. The number of morpholine rings is 1. The molecular formula is C24H23ClN4O2. The van der Waals surface area contributed by atoms with Crippen LogP contribution in [0.15, 0.2) is 59.0 Å². The van der Waals surface area contributed by atoms with Gasteiger partial charge in [0.1, 0.15) is 6.07 Å². The van der Waals surface area contributed by atoms with Crippen molar-refractivity contribution in [2.75, 3.05) is 38.2 Å². The molecule has 1 saturated heterocycles. The van der Waals surface area contributed by atoms with Crippen LogP contribution in [0.1, 0.15) is 28.8 Å². The fraction of sp³-hybridized carbons (Fsp3) is 0.250. The van der Waals surface area contributed by atoms with Gasteiger partial charge in [-0.15, -0.1) is 0 Å². The number of anilines is 1. The van der Waals surface area contributed by atoms with Crippen LogP contribution in [0.25, 0.3) is 12.2 Å². The molecule has 4 rings (SSSR count). The molecule has 2 heterocycles. The molecule has 6 nitrogen and oxygen atoms in total. The molecule has 0 amide bonds. The topological polar surface area (TPSA) is 74.3 Å². The molecule has 1 N–H and O–H groups in total. The van der Waals surface area contributed by atoms with E-state index in [0.717, 1.165) is 24.2 Å². The SMILES string of the molecule is N#Cc1nc(/C=C/c2ccccc2)oc1NC[C@H](c1ccc(Cl)cc1)N1CCOCC1. The third-order valence-corrected chi connectivity index (χ3v) is 5.42. The molecule has 1 atom stereocenters. The molecule has 158 valence electrons. The first-order chi connectivity index (χ1) is 15.2. The second kappa shape index (κ2) is 10.3. The van der Waals surface area contributed by atoms with Crippen LogP contribution < -0.4 is 5.32 Å². The first-order valence-electron chi connectivity index (χ1n) is 10.2. The van der Waals surface area contributed by atoms with Gasteiger partial charge in [0.15, 0.2) is 0 Å². The molecule has 7 heteroatoms. The minimum atomic E-state index is 0.0844. The van der Waals surface area contributed by atoms with Gasteiger partial charge in [-0.3, -0.25) is 4.90 Å². The van der Waals surface area contributed by atoms with E-state index in [1.54, 1.807) is 6.08 Å². The molecule has 31 heavy (non-hydrogen) atoms. The van der Waals surface area contributed by atoms with Crippen LogP contribution in [0.2, 0.25) is 5.02 Å². The molecule has 3 aromatic rings. The molecule has 0 spiro atoms. The summed E-state index contributed by atoms with van der Waals surface area (Å²) in [5.74, 6) is 0.764. The summed E-state index contributed by atoms with van der Waals surface area (Å²) in [6.45, 7) is 3.63. The number of hydrogen-bond acceptors (Lipinski definition) is 6. The lowest BCUT2D eigenvalue weighted by Gasteiger charge is -2.34. The van der Waals surface area contributed by atoms with Crippen molar-refractivity contribution in [3.8, 4) is 6.07 Å². The summed E-state index contributed by atoms with van der Waals surface area (Å²) < 4.78 is 11.3. The Morgan fingerprint density at radius 1 is 1.10 bits per heavy atom. The molecule has 1 aromatic heterocycles. The number of ether oxygens (including phenoxy) is 1. The highest BCUT2D eigenvalue weighted by atomic mass is 35.5. The fourth-order valence-corrected chi connectivity index (χ4v) is 3.68. The molecule has 1 fully saturated rings. The van der Waals surface area contributed by atoms with Crippen molar-refractivity contribution >= 4 is 29.6 Å². The second-order valence-electron chi connectivity index (χ2n) is 7.18. The van der Waals surface area contributed by atoms with Gasteiger partial charge in [0, 0.05) is 30.7 Å². The number of oxazole rings is 1. The first-order valence-corrected chi connectivity index (χ1v) is 10.6. The molecule has 1 aliphatic rings. The van der Waals surface area contributed by atoms with E-state index < -0.39 is 0 Å². The van der Waals surface area contributed by atoms with Gasteiger partial charge in [0.2, 0.25) is 17.5 Å². The normalized spacial score (nSPS) is 15.6. The maximum absolute atomic E-state index is 9.50. The van der Waals surface area contributed by atoms with Gasteiger partial charge in [-0.05, 0) is 29.3 Å². The maximum atomic E-state index is 9.50. The van der Waals surface area contributed by atoms with Gasteiger partial charge in [0.05, 0.1) is 19.3 Å². The number of hydrogen-bond donors (Lipinski definition) is 1. The van der Waals surface area contributed by atoms with E-state index in [9.17, 15) is 5.26 Å². The molecule has 2 aromatic carbocycles. The number of rotatable bonds is 7. The Kier molecular flexibility index (Phi) is 7.00. The summed E-state index contributed by atoms with van der Waals surface area (Å²) >= 11 is 6.08. The van der Waals surface area contributed by atoms with Gasteiger partial charge in [-0.2, -0.15) is 10.2 Å². The Bertz CT molecular complexity index is 1050. The van der Waals surface area contributed by atoms with Crippen molar-refractivity contribution in [3.05, 3.63) is 82.3 Å². The lowest BCUT2D eigenvalue weighted by molar-refractivity contribution is 0.0186. The lowest BCUT2D eigenvalue weighted by Crippen LogP contribution is -2.41. The minimum absolute atomic E-state index is 0.0844. The van der Waals surface area contributed by atoms with Crippen LogP contribution in [0.3, 0.4) is 0 Å². The third-order valence-electron chi connectivity index (χ3n) is 5.16. The van der Waals surface area contributed by atoms with Crippen LogP contribution >= 0.6 is 11.6 Å². The summed E-state index contributed by atoms with van der Waals surface area (Å²) in [7, 11) is 0. The smallest absolute Gasteiger partial charge is 0.232 e. The monoisotopic (exact) mass is 434 g/mol. The predicted octanol–water partition coefficient (Wildman–Crippen LogP) is 4.86. The van der Waals surface area contributed by atoms with Crippen LogP contribution in [0, 0.1) is 11.3 Å². The number of nitrogens with one attached hydrogen (secondary N) is 1. The van der Waals surface area contributed by atoms with E-state index in [-0.39, 0.29) is 11.7 Å². The van der Waals surface area contributed by atoms with E-state index in [2.05, 4.69) is 21.3 Å². The molecule has 0 aliphatic carbocycles. The Morgan fingerprint density at radius 3 is 2.55 bits per heavy atom. The maximum Gasteiger partial charge on any atom is 0.232 e. The van der Waals surface area contributed by atoms with Gasteiger partial charge < -0.3 is 14.5 Å². The Hall–Kier alpha value is -3.11. The average molecular weight is 435 g/mol. The van der Waals surface area contributed by atoms with E-state index in [1.165, 1.54) is 0 Å². The highest BCUT2D eigenvalue weighted by molar-refractivity contribution is 6.30. The van der Waals surface area contributed by atoms with Crippen LogP contribution in [-0.4, -0.2) is 42.7 Å². The van der Waals surface area contributed by atoms with Crippen molar-refractivity contribution in [3.63, 3.8) is 0 Å². The zero-order valence-corrected chi connectivity index (χ0v) is 17.8. The highest BCUT2D eigenvalue weighted by Crippen LogP contribution is 2.26. The number of nitriles is 1. The Balaban J connectivity index is 1.51.